The maximum absolute atomic E-state index is 13.5. The van der Waals surface area contributed by atoms with E-state index in [-0.39, 0.29) is 11.9 Å². The van der Waals surface area contributed by atoms with Gasteiger partial charge in [-0.05, 0) is 60.9 Å². The van der Waals surface area contributed by atoms with Crippen LogP contribution in [0.1, 0.15) is 18.1 Å². The van der Waals surface area contributed by atoms with Gasteiger partial charge in [-0.2, -0.15) is 0 Å². The maximum Gasteiger partial charge on any atom is 0.245 e. The number of anilines is 2. The van der Waals surface area contributed by atoms with E-state index in [0.717, 1.165) is 29.3 Å². The summed E-state index contributed by atoms with van der Waals surface area (Å²) in [5.41, 5.74) is 4.16. The lowest BCUT2D eigenvalue weighted by Gasteiger charge is -2.36. The number of ether oxygens (including phenoxy) is 2. The predicted molar refractivity (Wildman–Crippen MR) is 123 cm³/mol. The second kappa shape index (κ2) is 9.23. The SMILES string of the molecule is COc1cc2c(cc1OC)CN(CC(=O)N(c1ccccc1)c1ccccc1)C(C)C2. The van der Waals surface area contributed by atoms with Crippen LogP contribution >= 0.6 is 0 Å². The first-order valence-electron chi connectivity index (χ1n) is 10.5. The Morgan fingerprint density at radius 2 is 1.42 bits per heavy atom. The Labute approximate surface area is 183 Å². The van der Waals surface area contributed by atoms with Crippen LogP contribution in [0.4, 0.5) is 11.4 Å². The average Bonchev–Trinajstić information content (AvgIpc) is 2.80. The standard InChI is InChI=1S/C26H28N2O3/c1-19-14-20-15-24(30-2)25(31-3)16-21(20)17-27(19)18-26(29)28(22-10-6-4-7-11-22)23-12-8-5-9-13-23/h4-13,15-16,19H,14,17-18H2,1-3H3. The molecule has 1 aliphatic heterocycles. The predicted octanol–water partition coefficient (Wildman–Crippen LogP) is 4.82. The zero-order valence-electron chi connectivity index (χ0n) is 18.2. The molecule has 1 atom stereocenters. The lowest BCUT2D eigenvalue weighted by atomic mass is 9.94. The molecule has 0 aliphatic carbocycles. The molecule has 1 amide bonds. The highest BCUT2D eigenvalue weighted by molar-refractivity contribution is 6.01. The number of carbonyl (C=O) groups is 1. The maximum atomic E-state index is 13.5. The third-order valence-corrected chi connectivity index (χ3v) is 5.83. The van der Waals surface area contributed by atoms with Crippen LogP contribution in [-0.2, 0) is 17.8 Å². The Morgan fingerprint density at radius 3 is 1.94 bits per heavy atom. The van der Waals surface area contributed by atoms with E-state index in [4.69, 9.17) is 9.47 Å². The summed E-state index contributed by atoms with van der Waals surface area (Å²) in [4.78, 5) is 17.6. The quantitative estimate of drug-likeness (QED) is 0.578. The van der Waals surface area contributed by atoms with Gasteiger partial charge >= 0.3 is 0 Å². The lowest BCUT2D eigenvalue weighted by molar-refractivity contribution is -0.119. The molecule has 5 heteroatoms. The number of nitrogens with zero attached hydrogens (tertiary/aromatic N) is 2. The number of hydrogen-bond donors (Lipinski definition) is 0. The van der Waals surface area contributed by atoms with Crippen molar-refractivity contribution in [3.05, 3.63) is 83.9 Å². The van der Waals surface area contributed by atoms with Crippen molar-refractivity contribution in [3.63, 3.8) is 0 Å². The highest BCUT2D eigenvalue weighted by atomic mass is 16.5. The second-order valence-corrected chi connectivity index (χ2v) is 7.83. The van der Waals surface area contributed by atoms with E-state index in [2.05, 4.69) is 17.9 Å². The number of carbonyl (C=O) groups excluding carboxylic acids is 1. The number of amides is 1. The fraction of sp³-hybridized carbons (Fsp3) is 0.269. The monoisotopic (exact) mass is 416 g/mol. The van der Waals surface area contributed by atoms with Gasteiger partial charge in [-0.3, -0.25) is 14.6 Å². The van der Waals surface area contributed by atoms with Crippen molar-refractivity contribution in [3.8, 4) is 11.5 Å². The summed E-state index contributed by atoms with van der Waals surface area (Å²) in [6, 6.07) is 24.0. The van der Waals surface area contributed by atoms with E-state index >= 15 is 0 Å². The lowest BCUT2D eigenvalue weighted by Crippen LogP contribution is -2.45. The van der Waals surface area contributed by atoms with Crippen molar-refractivity contribution in [2.45, 2.75) is 25.9 Å². The van der Waals surface area contributed by atoms with Crippen molar-refractivity contribution in [1.29, 1.82) is 0 Å². The van der Waals surface area contributed by atoms with E-state index < -0.39 is 0 Å². The van der Waals surface area contributed by atoms with Crippen LogP contribution in [0, 0.1) is 0 Å². The largest absolute Gasteiger partial charge is 0.493 e. The Kier molecular flexibility index (Phi) is 6.23. The minimum absolute atomic E-state index is 0.0492. The molecule has 3 aromatic carbocycles. The molecular formula is C26H28N2O3. The summed E-state index contributed by atoms with van der Waals surface area (Å²) >= 11 is 0. The van der Waals surface area contributed by atoms with Crippen molar-refractivity contribution < 1.29 is 14.3 Å². The molecule has 0 radical (unpaired) electrons. The van der Waals surface area contributed by atoms with E-state index in [9.17, 15) is 4.79 Å². The van der Waals surface area contributed by atoms with Crippen LogP contribution in [0.3, 0.4) is 0 Å². The van der Waals surface area contributed by atoms with Crippen LogP contribution in [0.25, 0.3) is 0 Å². The number of methoxy groups -OCH3 is 2. The van der Waals surface area contributed by atoms with Gasteiger partial charge in [0.2, 0.25) is 5.91 Å². The van der Waals surface area contributed by atoms with Crippen LogP contribution in [0.2, 0.25) is 0 Å². The van der Waals surface area contributed by atoms with Crippen molar-refractivity contribution in [1.82, 2.24) is 4.90 Å². The van der Waals surface area contributed by atoms with Crippen LogP contribution in [0.15, 0.2) is 72.8 Å². The third-order valence-electron chi connectivity index (χ3n) is 5.83. The Balaban J connectivity index is 1.60. The second-order valence-electron chi connectivity index (χ2n) is 7.83. The number of benzene rings is 3. The van der Waals surface area contributed by atoms with Crippen molar-refractivity contribution in [2.24, 2.45) is 0 Å². The molecule has 160 valence electrons. The molecule has 0 aromatic heterocycles. The Morgan fingerprint density at radius 1 is 0.903 bits per heavy atom. The summed E-state index contributed by atoms with van der Waals surface area (Å²) in [7, 11) is 3.30. The van der Waals surface area contributed by atoms with Gasteiger partial charge in [0.1, 0.15) is 0 Å². The number of fused-ring (bicyclic) bond motifs is 1. The van der Waals surface area contributed by atoms with E-state index in [1.807, 2.05) is 66.7 Å². The molecule has 0 fully saturated rings. The zero-order chi connectivity index (χ0) is 21.8. The Hall–Kier alpha value is -3.31. The summed E-state index contributed by atoms with van der Waals surface area (Å²) in [6.45, 7) is 3.20. The van der Waals surface area contributed by atoms with E-state index in [1.165, 1.54) is 11.1 Å². The average molecular weight is 417 g/mol. The third kappa shape index (κ3) is 4.42. The number of para-hydroxylation sites is 2. The molecule has 1 heterocycles. The molecule has 0 N–H and O–H groups in total. The van der Waals surface area contributed by atoms with Crippen molar-refractivity contribution in [2.75, 3.05) is 25.7 Å². The van der Waals surface area contributed by atoms with Gasteiger partial charge in [0, 0.05) is 24.0 Å². The summed E-state index contributed by atoms with van der Waals surface area (Å²) in [5, 5.41) is 0. The molecule has 0 saturated heterocycles. The zero-order valence-corrected chi connectivity index (χ0v) is 18.2. The summed E-state index contributed by atoms with van der Waals surface area (Å²) in [5.74, 6) is 1.52. The molecule has 0 bridgehead atoms. The van der Waals surface area contributed by atoms with Crippen LogP contribution in [0.5, 0.6) is 11.5 Å². The molecule has 1 aliphatic rings. The topological polar surface area (TPSA) is 42.0 Å². The molecule has 31 heavy (non-hydrogen) atoms. The highest BCUT2D eigenvalue weighted by Gasteiger charge is 2.28. The molecule has 0 saturated carbocycles. The van der Waals surface area contributed by atoms with Gasteiger partial charge in [-0.25, -0.2) is 0 Å². The highest BCUT2D eigenvalue weighted by Crippen LogP contribution is 2.35. The molecule has 4 rings (SSSR count). The van der Waals surface area contributed by atoms with Gasteiger partial charge in [-0.1, -0.05) is 36.4 Å². The van der Waals surface area contributed by atoms with Gasteiger partial charge in [-0.15, -0.1) is 0 Å². The molecular weight excluding hydrogens is 388 g/mol. The van der Waals surface area contributed by atoms with E-state index in [0.29, 0.717) is 13.1 Å². The minimum atomic E-state index is 0.0492. The van der Waals surface area contributed by atoms with Crippen LogP contribution in [-0.4, -0.2) is 37.6 Å². The van der Waals surface area contributed by atoms with Gasteiger partial charge < -0.3 is 9.47 Å². The van der Waals surface area contributed by atoms with Crippen LogP contribution < -0.4 is 14.4 Å². The van der Waals surface area contributed by atoms with Gasteiger partial charge in [0.05, 0.1) is 20.8 Å². The fourth-order valence-corrected chi connectivity index (χ4v) is 4.17. The summed E-state index contributed by atoms with van der Waals surface area (Å²) < 4.78 is 10.9. The minimum Gasteiger partial charge on any atom is -0.493 e. The van der Waals surface area contributed by atoms with E-state index in [1.54, 1.807) is 19.1 Å². The molecule has 1 unspecified atom stereocenters. The molecule has 3 aromatic rings. The smallest absolute Gasteiger partial charge is 0.245 e. The summed E-state index contributed by atoms with van der Waals surface area (Å²) in [6.07, 6.45) is 0.861. The van der Waals surface area contributed by atoms with Gasteiger partial charge in [0.25, 0.3) is 0 Å². The first-order valence-corrected chi connectivity index (χ1v) is 10.5. The fourth-order valence-electron chi connectivity index (χ4n) is 4.17. The number of hydrogen-bond acceptors (Lipinski definition) is 4. The van der Waals surface area contributed by atoms with Gasteiger partial charge in [0.15, 0.2) is 11.5 Å². The van der Waals surface area contributed by atoms with Crippen molar-refractivity contribution >= 4 is 17.3 Å². The first kappa shape index (κ1) is 20.9. The first-order chi connectivity index (χ1) is 15.1. The molecule has 0 spiro atoms. The molecule has 5 nitrogen and oxygen atoms in total. The normalized spacial score (nSPS) is 15.8. The number of rotatable bonds is 6. The Bertz CT molecular complexity index is 998.